The van der Waals surface area contributed by atoms with Gasteiger partial charge in [-0.2, -0.15) is 0 Å². The molecule has 0 amide bonds. The second-order valence-corrected chi connectivity index (χ2v) is 6.11. The summed E-state index contributed by atoms with van der Waals surface area (Å²) in [7, 11) is 0. The molecule has 0 bridgehead atoms. The third kappa shape index (κ3) is 5.31. The highest BCUT2D eigenvalue weighted by atomic mass is 16.5. The minimum atomic E-state index is -1.24. The third-order valence-electron chi connectivity index (χ3n) is 4.59. The van der Waals surface area contributed by atoms with Crippen molar-refractivity contribution in [1.29, 1.82) is 0 Å². The van der Waals surface area contributed by atoms with Crippen molar-refractivity contribution in [3.8, 4) is 0 Å². The number of carboxylic acid groups (broad SMARTS) is 2. The Labute approximate surface area is 152 Å². The van der Waals surface area contributed by atoms with Crippen LogP contribution >= 0.6 is 0 Å². The monoisotopic (exact) mass is 370 g/mol. The first-order valence-electron chi connectivity index (χ1n) is 8.75. The van der Waals surface area contributed by atoms with E-state index in [9.17, 15) is 29.4 Å². The van der Waals surface area contributed by atoms with Crippen LogP contribution in [-0.4, -0.2) is 47.3 Å². The minimum absolute atomic E-state index is 0.0468. The predicted molar refractivity (Wildman–Crippen MR) is 90.1 cm³/mol. The van der Waals surface area contributed by atoms with Crippen molar-refractivity contribution in [2.24, 2.45) is 23.7 Å². The molecule has 0 heterocycles. The van der Waals surface area contributed by atoms with Gasteiger partial charge in [0.15, 0.2) is 0 Å². The molecule has 8 nitrogen and oxygen atoms in total. The zero-order chi connectivity index (χ0) is 19.9. The quantitative estimate of drug-likeness (QED) is 0.465. The van der Waals surface area contributed by atoms with E-state index >= 15 is 0 Å². The summed E-state index contributed by atoms with van der Waals surface area (Å²) >= 11 is 0. The zero-order valence-corrected chi connectivity index (χ0v) is 15.3. The topological polar surface area (TPSA) is 127 Å². The Hall–Kier alpha value is -2.38. The summed E-state index contributed by atoms with van der Waals surface area (Å²) in [6.45, 7) is 5.36. The molecule has 4 unspecified atom stereocenters. The SMILES string of the molecule is CCOC(=O)CC(C(=O)OCC)C1CC(C(=O)O)C(C(=O)O)C=C1CC. The molecule has 0 aromatic heterocycles. The lowest BCUT2D eigenvalue weighted by Gasteiger charge is -2.35. The van der Waals surface area contributed by atoms with Crippen LogP contribution in [0.2, 0.25) is 0 Å². The highest BCUT2D eigenvalue weighted by Crippen LogP contribution is 2.41. The minimum Gasteiger partial charge on any atom is -0.481 e. The number of hydrogen-bond acceptors (Lipinski definition) is 6. The van der Waals surface area contributed by atoms with E-state index in [1.54, 1.807) is 20.8 Å². The largest absolute Gasteiger partial charge is 0.481 e. The van der Waals surface area contributed by atoms with E-state index < -0.39 is 47.5 Å². The average Bonchev–Trinajstić information content (AvgIpc) is 2.58. The molecule has 0 radical (unpaired) electrons. The highest BCUT2D eigenvalue weighted by Gasteiger charge is 2.44. The van der Waals surface area contributed by atoms with E-state index in [2.05, 4.69) is 0 Å². The second-order valence-electron chi connectivity index (χ2n) is 6.11. The standard InChI is InChI=1S/C18H26O8/c1-4-10-7-12(16(20)21)13(17(22)23)8-11(10)14(18(24)26-6-3)9-15(19)25-5-2/h7,11-14H,4-6,8-9H2,1-3H3,(H,20,21)(H,22,23). The fourth-order valence-electron chi connectivity index (χ4n) is 3.38. The molecular formula is C18H26O8. The number of ether oxygens (including phenoxy) is 2. The van der Waals surface area contributed by atoms with Crippen molar-refractivity contribution in [2.75, 3.05) is 13.2 Å². The summed E-state index contributed by atoms with van der Waals surface area (Å²) in [6.07, 6.45) is 1.57. The maximum absolute atomic E-state index is 12.4. The van der Waals surface area contributed by atoms with E-state index in [0.29, 0.717) is 12.0 Å². The molecule has 0 aromatic carbocycles. The predicted octanol–water partition coefficient (Wildman–Crippen LogP) is 1.88. The Morgan fingerprint density at radius 1 is 1.08 bits per heavy atom. The summed E-state index contributed by atoms with van der Waals surface area (Å²) in [5, 5.41) is 18.8. The van der Waals surface area contributed by atoms with Gasteiger partial charge in [-0.15, -0.1) is 0 Å². The Morgan fingerprint density at radius 3 is 2.15 bits per heavy atom. The van der Waals surface area contributed by atoms with Crippen LogP contribution in [0.3, 0.4) is 0 Å². The number of hydrogen-bond donors (Lipinski definition) is 2. The molecule has 8 heteroatoms. The lowest BCUT2D eigenvalue weighted by molar-refractivity contribution is -0.158. The number of carboxylic acids is 2. The van der Waals surface area contributed by atoms with Crippen LogP contribution in [0.1, 0.15) is 40.0 Å². The van der Waals surface area contributed by atoms with Crippen LogP contribution in [0.15, 0.2) is 11.6 Å². The molecule has 1 rings (SSSR count). The van der Waals surface area contributed by atoms with Gasteiger partial charge < -0.3 is 19.7 Å². The first-order chi connectivity index (χ1) is 12.3. The van der Waals surface area contributed by atoms with Gasteiger partial charge >= 0.3 is 23.9 Å². The van der Waals surface area contributed by atoms with E-state index in [4.69, 9.17) is 9.47 Å². The molecule has 0 spiro atoms. The molecular weight excluding hydrogens is 344 g/mol. The lowest BCUT2D eigenvalue weighted by Crippen LogP contribution is -2.39. The van der Waals surface area contributed by atoms with Gasteiger partial charge in [0.2, 0.25) is 0 Å². The van der Waals surface area contributed by atoms with E-state index in [0.717, 1.165) is 0 Å². The van der Waals surface area contributed by atoms with Gasteiger partial charge in [-0.25, -0.2) is 0 Å². The fourth-order valence-corrected chi connectivity index (χ4v) is 3.38. The Balaban J connectivity index is 3.25. The molecule has 0 saturated heterocycles. The number of esters is 2. The molecule has 26 heavy (non-hydrogen) atoms. The average molecular weight is 370 g/mol. The van der Waals surface area contributed by atoms with Crippen molar-refractivity contribution in [2.45, 2.75) is 40.0 Å². The zero-order valence-electron chi connectivity index (χ0n) is 15.3. The van der Waals surface area contributed by atoms with Crippen molar-refractivity contribution in [1.82, 2.24) is 0 Å². The van der Waals surface area contributed by atoms with Gasteiger partial charge in [0, 0.05) is 0 Å². The summed E-state index contributed by atoms with van der Waals surface area (Å²) in [5.74, 6) is -7.48. The molecule has 0 saturated carbocycles. The van der Waals surface area contributed by atoms with Crippen LogP contribution in [0.25, 0.3) is 0 Å². The molecule has 1 aliphatic rings. The molecule has 0 aliphatic heterocycles. The normalized spacial score (nSPS) is 23.5. The number of aliphatic carboxylic acids is 2. The maximum atomic E-state index is 12.4. The van der Waals surface area contributed by atoms with Crippen molar-refractivity contribution >= 4 is 23.9 Å². The van der Waals surface area contributed by atoms with Gasteiger partial charge in [-0.05, 0) is 32.6 Å². The molecule has 0 aromatic rings. The molecule has 1 aliphatic carbocycles. The second kappa shape index (κ2) is 9.94. The number of allylic oxidation sites excluding steroid dienone is 1. The fraction of sp³-hybridized carbons (Fsp3) is 0.667. The van der Waals surface area contributed by atoms with Gasteiger partial charge in [0.1, 0.15) is 0 Å². The number of carbonyl (C=O) groups excluding carboxylic acids is 2. The van der Waals surface area contributed by atoms with Crippen LogP contribution in [-0.2, 0) is 28.7 Å². The Kier molecular flexibility index (Phi) is 8.28. The molecule has 146 valence electrons. The van der Waals surface area contributed by atoms with E-state index in [1.807, 2.05) is 0 Å². The summed E-state index contributed by atoms with van der Waals surface area (Å²) in [5.41, 5.74) is 0.650. The van der Waals surface area contributed by atoms with Crippen LogP contribution < -0.4 is 0 Å². The van der Waals surface area contributed by atoms with Crippen molar-refractivity contribution in [3.05, 3.63) is 11.6 Å². The van der Waals surface area contributed by atoms with Crippen LogP contribution in [0, 0.1) is 23.7 Å². The third-order valence-corrected chi connectivity index (χ3v) is 4.59. The molecule has 0 fully saturated rings. The number of rotatable bonds is 9. The first-order valence-corrected chi connectivity index (χ1v) is 8.75. The van der Waals surface area contributed by atoms with Crippen LogP contribution in [0.4, 0.5) is 0 Å². The van der Waals surface area contributed by atoms with Crippen molar-refractivity contribution in [3.63, 3.8) is 0 Å². The van der Waals surface area contributed by atoms with Gasteiger partial charge in [-0.3, -0.25) is 19.2 Å². The summed E-state index contributed by atoms with van der Waals surface area (Å²) in [4.78, 5) is 47.3. The van der Waals surface area contributed by atoms with Crippen LogP contribution in [0.5, 0.6) is 0 Å². The van der Waals surface area contributed by atoms with Crippen molar-refractivity contribution < 1.29 is 38.9 Å². The maximum Gasteiger partial charge on any atom is 0.311 e. The van der Waals surface area contributed by atoms with Gasteiger partial charge in [0.05, 0.1) is 37.4 Å². The summed E-state index contributed by atoms with van der Waals surface area (Å²) < 4.78 is 9.98. The number of carbonyl (C=O) groups is 4. The Bertz CT molecular complexity index is 580. The molecule has 4 atom stereocenters. The smallest absolute Gasteiger partial charge is 0.311 e. The lowest BCUT2D eigenvalue weighted by atomic mass is 9.68. The first kappa shape index (κ1) is 21.7. The van der Waals surface area contributed by atoms with Gasteiger partial charge in [0.25, 0.3) is 0 Å². The molecule has 2 N–H and O–H groups in total. The van der Waals surface area contributed by atoms with Gasteiger partial charge in [-0.1, -0.05) is 18.6 Å². The Morgan fingerprint density at radius 2 is 1.69 bits per heavy atom. The summed E-state index contributed by atoms with van der Waals surface area (Å²) in [6, 6.07) is 0. The highest BCUT2D eigenvalue weighted by molar-refractivity contribution is 5.84. The van der Waals surface area contributed by atoms with E-state index in [1.165, 1.54) is 6.08 Å². The van der Waals surface area contributed by atoms with E-state index in [-0.39, 0.29) is 26.1 Å².